The Hall–Kier alpha value is -3.60. The molecule has 2 heterocycles. The van der Waals surface area contributed by atoms with Crippen molar-refractivity contribution in [2.75, 3.05) is 0 Å². The quantitative estimate of drug-likeness (QED) is 0.276. The zero-order valence-corrected chi connectivity index (χ0v) is 22.0. The summed E-state index contributed by atoms with van der Waals surface area (Å²) in [6, 6.07) is 8.64. The second-order valence-electron chi connectivity index (χ2n) is 8.57. The molecule has 2 unspecified atom stereocenters. The van der Waals surface area contributed by atoms with Crippen LogP contribution in [0.3, 0.4) is 0 Å². The van der Waals surface area contributed by atoms with Gasteiger partial charge >= 0.3 is 18.2 Å². The smallest absolute Gasteiger partial charge is 0.406 e. The van der Waals surface area contributed by atoms with E-state index in [4.69, 9.17) is 23.2 Å². The number of rotatable bonds is 8. The molecular formula is C23H18Cl2F6N6O4. The monoisotopic (exact) mass is 626 g/mol. The van der Waals surface area contributed by atoms with Crippen molar-refractivity contribution in [1.82, 2.24) is 29.1 Å². The summed E-state index contributed by atoms with van der Waals surface area (Å²) in [6.07, 6.45) is -14.1. The Morgan fingerprint density at radius 2 is 1.66 bits per heavy atom. The number of ether oxygens (including phenoxy) is 1. The van der Waals surface area contributed by atoms with Crippen molar-refractivity contribution in [3.05, 3.63) is 74.6 Å². The van der Waals surface area contributed by atoms with Gasteiger partial charge in [-0.3, -0.25) is 4.57 Å². The minimum absolute atomic E-state index is 0.00358. The molecular weight excluding hydrogens is 609 g/mol. The van der Waals surface area contributed by atoms with Gasteiger partial charge in [-0.2, -0.15) is 13.2 Å². The van der Waals surface area contributed by atoms with Gasteiger partial charge in [0.05, 0.1) is 17.3 Å². The molecule has 0 saturated heterocycles. The van der Waals surface area contributed by atoms with Gasteiger partial charge in [0.1, 0.15) is 18.4 Å². The molecule has 2 N–H and O–H groups in total. The lowest BCUT2D eigenvalue weighted by molar-refractivity contribution is -0.274. The van der Waals surface area contributed by atoms with Crippen LogP contribution in [0.25, 0.3) is 17.1 Å². The van der Waals surface area contributed by atoms with Gasteiger partial charge in [-0.25, -0.2) is 19.1 Å². The van der Waals surface area contributed by atoms with Crippen LogP contribution in [0.1, 0.15) is 24.7 Å². The Kier molecular flexibility index (Phi) is 8.40. The average Bonchev–Trinajstić information content (AvgIpc) is 3.40. The molecule has 0 radical (unpaired) electrons. The maximum absolute atomic E-state index is 13.1. The highest BCUT2D eigenvalue weighted by atomic mass is 35.5. The van der Waals surface area contributed by atoms with Crippen LogP contribution >= 0.6 is 23.2 Å². The average molecular weight is 627 g/mol. The Morgan fingerprint density at radius 3 is 2.22 bits per heavy atom. The molecule has 0 aliphatic carbocycles. The maximum Gasteiger partial charge on any atom is 0.573 e. The van der Waals surface area contributed by atoms with Crippen molar-refractivity contribution in [2.45, 2.75) is 44.8 Å². The fourth-order valence-electron chi connectivity index (χ4n) is 3.67. The van der Waals surface area contributed by atoms with E-state index in [1.165, 1.54) is 31.2 Å². The summed E-state index contributed by atoms with van der Waals surface area (Å²) in [5.41, 5.74) is -0.820. The van der Waals surface area contributed by atoms with Crippen molar-refractivity contribution in [3.63, 3.8) is 0 Å². The Morgan fingerprint density at radius 1 is 1.00 bits per heavy atom. The third kappa shape index (κ3) is 7.01. The Balaban J connectivity index is 1.74. The predicted octanol–water partition coefficient (Wildman–Crippen LogP) is 4.52. The third-order valence-electron chi connectivity index (χ3n) is 5.48. The SMILES string of the molecule is CC(O)c1nc(Cn2nc(-c3ccc(Cl)cc3)n(CC(O)C(F)(F)F)c2=O)nn1-c1ccc(OC(F)(F)F)cc1Cl. The summed E-state index contributed by atoms with van der Waals surface area (Å²) in [7, 11) is 0. The van der Waals surface area contributed by atoms with Crippen molar-refractivity contribution in [2.24, 2.45) is 0 Å². The standard InChI is InChI=1S/C23H18Cl2F6N6O4/c1-11(38)19-32-18(33-37(19)16-7-6-14(8-15(16)25)41-23(29,30)31)10-36-21(40)35(9-17(39)22(26,27)28)20(34-36)12-2-4-13(24)5-3-12/h2-8,11,17,38-39H,9-10H2,1H3. The molecule has 0 amide bonds. The maximum atomic E-state index is 13.1. The number of halogens is 8. The molecule has 4 aromatic rings. The number of nitrogens with zero attached hydrogens (tertiary/aromatic N) is 6. The van der Waals surface area contributed by atoms with Gasteiger partial charge in [0.2, 0.25) is 0 Å². The number of hydrogen-bond donors (Lipinski definition) is 2. The lowest BCUT2D eigenvalue weighted by atomic mass is 10.2. The van der Waals surface area contributed by atoms with Crippen LogP contribution in [-0.4, -0.2) is 58.0 Å². The summed E-state index contributed by atoms with van der Waals surface area (Å²) in [5, 5.41) is 28.2. The van der Waals surface area contributed by atoms with Crippen LogP contribution in [-0.2, 0) is 13.1 Å². The molecule has 2 aromatic carbocycles. The molecule has 220 valence electrons. The highest BCUT2D eigenvalue weighted by Gasteiger charge is 2.39. The minimum Gasteiger partial charge on any atom is -0.406 e. The molecule has 10 nitrogen and oxygen atoms in total. The fraction of sp³-hybridized carbons (Fsp3) is 0.304. The van der Waals surface area contributed by atoms with Crippen LogP contribution < -0.4 is 10.4 Å². The van der Waals surface area contributed by atoms with E-state index in [1.54, 1.807) is 0 Å². The topological polar surface area (TPSA) is 120 Å². The van der Waals surface area contributed by atoms with Crippen LogP contribution in [0.15, 0.2) is 47.3 Å². The van der Waals surface area contributed by atoms with E-state index in [0.29, 0.717) is 9.59 Å². The van der Waals surface area contributed by atoms with Gasteiger partial charge in [0, 0.05) is 16.7 Å². The van der Waals surface area contributed by atoms with Crippen molar-refractivity contribution in [3.8, 4) is 22.8 Å². The van der Waals surface area contributed by atoms with E-state index in [1.807, 2.05) is 0 Å². The molecule has 2 atom stereocenters. The molecule has 41 heavy (non-hydrogen) atoms. The summed E-state index contributed by atoms with van der Waals surface area (Å²) in [4.78, 5) is 17.3. The van der Waals surface area contributed by atoms with Crippen molar-refractivity contribution in [1.29, 1.82) is 0 Å². The van der Waals surface area contributed by atoms with Gasteiger partial charge < -0.3 is 14.9 Å². The second-order valence-corrected chi connectivity index (χ2v) is 9.42. The predicted molar refractivity (Wildman–Crippen MR) is 132 cm³/mol. The largest absolute Gasteiger partial charge is 0.573 e. The van der Waals surface area contributed by atoms with Gasteiger partial charge in [-0.1, -0.05) is 23.2 Å². The first-order valence-corrected chi connectivity index (χ1v) is 12.2. The molecule has 4 rings (SSSR count). The molecule has 0 bridgehead atoms. The van der Waals surface area contributed by atoms with E-state index >= 15 is 0 Å². The summed E-state index contributed by atoms with van der Waals surface area (Å²) < 4.78 is 83.2. The molecule has 0 saturated carbocycles. The van der Waals surface area contributed by atoms with Crippen molar-refractivity contribution >= 4 is 23.2 Å². The zero-order valence-electron chi connectivity index (χ0n) is 20.5. The van der Waals surface area contributed by atoms with E-state index in [-0.39, 0.29) is 33.7 Å². The Labute approximate surface area is 235 Å². The van der Waals surface area contributed by atoms with Crippen LogP contribution in [0.2, 0.25) is 10.0 Å². The van der Waals surface area contributed by atoms with E-state index in [9.17, 15) is 41.4 Å². The van der Waals surface area contributed by atoms with Crippen molar-refractivity contribution < 1.29 is 41.3 Å². The lowest BCUT2D eigenvalue weighted by Crippen LogP contribution is -2.37. The van der Waals surface area contributed by atoms with Gasteiger partial charge in [0.15, 0.2) is 23.6 Å². The fourth-order valence-corrected chi connectivity index (χ4v) is 4.05. The molecule has 0 fully saturated rings. The van der Waals surface area contributed by atoms with E-state index in [0.717, 1.165) is 27.6 Å². The highest BCUT2D eigenvalue weighted by Crippen LogP contribution is 2.31. The molecule has 0 aliphatic heterocycles. The van der Waals surface area contributed by atoms with E-state index < -0.39 is 49.3 Å². The number of alkyl halides is 6. The summed E-state index contributed by atoms with van der Waals surface area (Å²) in [5.74, 6) is -1.10. The van der Waals surface area contributed by atoms with E-state index in [2.05, 4.69) is 19.9 Å². The first-order chi connectivity index (χ1) is 19.0. The first kappa shape index (κ1) is 30.4. The molecule has 0 spiro atoms. The van der Waals surface area contributed by atoms with Crippen LogP contribution in [0, 0.1) is 0 Å². The minimum atomic E-state index is -5.02. The van der Waals surface area contributed by atoms with Crippen LogP contribution in [0.5, 0.6) is 5.75 Å². The molecule has 18 heteroatoms. The second kappa shape index (κ2) is 11.3. The Bertz CT molecular complexity index is 1600. The number of aromatic nitrogens is 6. The highest BCUT2D eigenvalue weighted by molar-refractivity contribution is 6.32. The lowest BCUT2D eigenvalue weighted by Gasteiger charge is -2.15. The molecule has 0 aliphatic rings. The van der Waals surface area contributed by atoms with Crippen LogP contribution in [0.4, 0.5) is 26.3 Å². The normalized spacial score (nSPS) is 13.8. The van der Waals surface area contributed by atoms with Gasteiger partial charge in [-0.05, 0) is 43.3 Å². The van der Waals surface area contributed by atoms with Gasteiger partial charge in [-0.15, -0.1) is 23.4 Å². The number of aliphatic hydroxyl groups excluding tert-OH is 2. The third-order valence-corrected chi connectivity index (χ3v) is 6.04. The number of hydrogen-bond acceptors (Lipinski definition) is 7. The summed E-state index contributed by atoms with van der Waals surface area (Å²) >= 11 is 12.0. The summed E-state index contributed by atoms with van der Waals surface area (Å²) in [6.45, 7) is -0.353. The number of benzene rings is 2. The first-order valence-electron chi connectivity index (χ1n) is 11.4. The van der Waals surface area contributed by atoms with Gasteiger partial charge in [0.25, 0.3) is 0 Å². The molecule has 2 aromatic heterocycles. The number of aliphatic hydroxyl groups is 2. The zero-order chi connectivity index (χ0) is 30.3.